The molecule has 2 aromatic carbocycles. The Morgan fingerprint density at radius 1 is 1.24 bits per heavy atom. The first-order valence-electron chi connectivity index (χ1n) is 11.1. The van der Waals surface area contributed by atoms with E-state index in [9.17, 15) is 23.1 Å². The number of nitrogens with one attached hydrogen (secondary N) is 1. The van der Waals surface area contributed by atoms with Gasteiger partial charge in [0, 0.05) is 23.5 Å². The van der Waals surface area contributed by atoms with Crippen LogP contribution in [0.4, 0.5) is 13.2 Å². The molecule has 5 rings (SSSR count). The van der Waals surface area contributed by atoms with Crippen LogP contribution in [-0.4, -0.2) is 63.7 Å². The second-order valence-corrected chi connectivity index (χ2v) is 10.3. The molecule has 1 atom stereocenters. The maximum atomic E-state index is 13.9. The normalized spacial score (nSPS) is 20.1. The molecule has 0 saturated carbocycles. The molecule has 2 aliphatic heterocycles. The Labute approximate surface area is 223 Å². The molecule has 1 aromatic heterocycles. The third kappa shape index (κ3) is 5.37. The molecule has 1 saturated heterocycles. The number of aliphatic imine (C=N–C) groups is 1. The number of allylic oxidation sites excluding steroid dienone is 1. The largest absolute Gasteiger partial charge is 0.416 e. The summed E-state index contributed by atoms with van der Waals surface area (Å²) in [7, 11) is 0. The smallest absolute Gasteiger partial charge is 0.394 e. The van der Waals surface area contributed by atoms with Gasteiger partial charge in [-0.2, -0.15) is 23.3 Å². The van der Waals surface area contributed by atoms with E-state index >= 15 is 0 Å². The number of aliphatic hydroxyl groups excluding tert-OH is 1. The maximum Gasteiger partial charge on any atom is 0.416 e. The Morgan fingerprint density at radius 3 is 2.81 bits per heavy atom. The summed E-state index contributed by atoms with van der Waals surface area (Å²) < 4.78 is 47.1. The molecule has 0 bridgehead atoms. The monoisotopic (exact) mass is 570 g/mol. The number of hydrogen-bond acceptors (Lipinski definition) is 6. The van der Waals surface area contributed by atoms with Gasteiger partial charge in [-0.05, 0) is 59.1 Å². The number of carbonyl (C=O) groups is 1. The molecule has 2 aliphatic rings. The van der Waals surface area contributed by atoms with Crippen LogP contribution in [0, 0.1) is 0 Å². The van der Waals surface area contributed by atoms with Crippen molar-refractivity contribution in [2.45, 2.75) is 18.7 Å². The van der Waals surface area contributed by atoms with Crippen molar-refractivity contribution in [2.75, 3.05) is 26.3 Å². The second kappa shape index (κ2) is 10.3. The zero-order valence-corrected chi connectivity index (χ0v) is 21.3. The first-order valence-corrected chi connectivity index (χ1v) is 12.7. The predicted octanol–water partition coefficient (Wildman–Crippen LogP) is 5.16. The van der Waals surface area contributed by atoms with Gasteiger partial charge >= 0.3 is 6.18 Å². The SMILES string of the molecule is O=C1N=C(N2CCO[C@H](CO)C2)SC1=C(Cc1ccc(Cl)cc1C(F)(F)F)c1ccc2[nH]nc(Cl)c2c1. The molecule has 1 fully saturated rings. The van der Waals surface area contributed by atoms with E-state index in [1.165, 1.54) is 12.1 Å². The number of aliphatic hydroxyl groups is 1. The zero-order valence-electron chi connectivity index (χ0n) is 19.0. The Hall–Kier alpha value is -2.57. The summed E-state index contributed by atoms with van der Waals surface area (Å²) in [6.45, 7) is 0.966. The lowest BCUT2D eigenvalue weighted by molar-refractivity contribution is -0.138. The van der Waals surface area contributed by atoms with E-state index < -0.39 is 23.8 Å². The van der Waals surface area contributed by atoms with Crippen LogP contribution in [0.1, 0.15) is 16.7 Å². The van der Waals surface area contributed by atoms with Crippen LogP contribution in [-0.2, 0) is 22.1 Å². The number of alkyl halides is 3. The van der Waals surface area contributed by atoms with Crippen molar-refractivity contribution in [3.8, 4) is 0 Å². The number of thioether (sulfide) groups is 1. The van der Waals surface area contributed by atoms with Gasteiger partial charge in [-0.3, -0.25) is 9.89 Å². The molecular formula is C24H19Cl2F3N4O3S. The summed E-state index contributed by atoms with van der Waals surface area (Å²) in [4.78, 5) is 19.4. The number of halogens is 5. The van der Waals surface area contributed by atoms with Gasteiger partial charge in [-0.25, -0.2) is 0 Å². The highest BCUT2D eigenvalue weighted by Gasteiger charge is 2.36. The van der Waals surface area contributed by atoms with E-state index in [0.717, 1.165) is 17.8 Å². The highest BCUT2D eigenvalue weighted by atomic mass is 35.5. The minimum atomic E-state index is -4.64. The van der Waals surface area contributed by atoms with Crippen LogP contribution in [0.3, 0.4) is 0 Å². The molecule has 3 heterocycles. The summed E-state index contributed by atoms with van der Waals surface area (Å²) in [6, 6.07) is 8.67. The lowest BCUT2D eigenvalue weighted by Gasteiger charge is -2.32. The summed E-state index contributed by atoms with van der Waals surface area (Å²) in [6.07, 6.45) is -5.27. The van der Waals surface area contributed by atoms with E-state index in [1.54, 1.807) is 18.2 Å². The Kier molecular flexibility index (Phi) is 7.25. The van der Waals surface area contributed by atoms with Gasteiger partial charge in [-0.1, -0.05) is 35.3 Å². The Balaban J connectivity index is 1.59. The number of aromatic nitrogens is 2. The highest BCUT2D eigenvalue weighted by Crippen LogP contribution is 2.41. The number of aromatic amines is 1. The van der Waals surface area contributed by atoms with Crippen molar-refractivity contribution in [3.63, 3.8) is 0 Å². The van der Waals surface area contributed by atoms with Gasteiger partial charge < -0.3 is 14.7 Å². The summed E-state index contributed by atoms with van der Waals surface area (Å²) in [5, 5.41) is 17.4. The molecular weight excluding hydrogens is 552 g/mol. The highest BCUT2D eigenvalue weighted by molar-refractivity contribution is 8.18. The fourth-order valence-electron chi connectivity index (χ4n) is 4.27. The minimum Gasteiger partial charge on any atom is -0.394 e. The maximum absolute atomic E-state index is 13.9. The number of fused-ring (bicyclic) bond motifs is 1. The zero-order chi connectivity index (χ0) is 26.3. The van der Waals surface area contributed by atoms with E-state index in [2.05, 4.69) is 15.2 Å². The van der Waals surface area contributed by atoms with Crippen LogP contribution in [0.25, 0.3) is 16.5 Å². The van der Waals surface area contributed by atoms with Crippen molar-refractivity contribution >= 4 is 62.5 Å². The third-order valence-electron chi connectivity index (χ3n) is 6.08. The van der Waals surface area contributed by atoms with Gasteiger partial charge in [0.1, 0.15) is 0 Å². The van der Waals surface area contributed by atoms with E-state index in [-0.39, 0.29) is 33.7 Å². The number of nitrogens with zero attached hydrogens (tertiary/aromatic N) is 3. The number of rotatable bonds is 4. The fourth-order valence-corrected chi connectivity index (χ4v) is 5.69. The molecule has 1 amide bonds. The van der Waals surface area contributed by atoms with Crippen molar-refractivity contribution < 1.29 is 27.8 Å². The number of ether oxygens (including phenoxy) is 1. The number of amides is 1. The van der Waals surface area contributed by atoms with Crippen LogP contribution >= 0.6 is 35.0 Å². The van der Waals surface area contributed by atoms with E-state index in [4.69, 9.17) is 27.9 Å². The number of H-pyrrole nitrogens is 1. The van der Waals surface area contributed by atoms with Crippen LogP contribution in [0.2, 0.25) is 10.2 Å². The van der Waals surface area contributed by atoms with E-state index in [0.29, 0.717) is 46.9 Å². The second-order valence-electron chi connectivity index (χ2n) is 8.48. The Morgan fingerprint density at radius 2 is 2.05 bits per heavy atom. The van der Waals surface area contributed by atoms with Crippen molar-refractivity contribution in [2.24, 2.45) is 4.99 Å². The van der Waals surface area contributed by atoms with Crippen molar-refractivity contribution in [1.29, 1.82) is 0 Å². The van der Waals surface area contributed by atoms with Gasteiger partial charge in [0.15, 0.2) is 10.3 Å². The molecule has 194 valence electrons. The number of benzene rings is 2. The molecule has 7 nitrogen and oxygen atoms in total. The van der Waals surface area contributed by atoms with Crippen molar-refractivity contribution in [1.82, 2.24) is 15.1 Å². The molecule has 0 radical (unpaired) electrons. The first-order chi connectivity index (χ1) is 17.6. The standard InChI is InChI=1S/C24H19Cl2F3N4O3S/c25-14-3-1-13(18(9-14)24(27,28)29)8-16(12-2-4-19-17(7-12)21(26)32-31-19)20-22(35)30-23(37-20)33-5-6-36-15(10-33)11-34/h1-4,7,9,15,34H,5-6,8,10-11H2,(H,31,32)/t15-/m0/s1. The topological polar surface area (TPSA) is 90.8 Å². The molecule has 0 aliphatic carbocycles. The van der Waals surface area contributed by atoms with Crippen LogP contribution in [0.5, 0.6) is 0 Å². The Bertz CT molecular complexity index is 1440. The average Bonchev–Trinajstić information content (AvgIpc) is 3.45. The van der Waals surface area contributed by atoms with Crippen LogP contribution in [0.15, 0.2) is 46.3 Å². The summed E-state index contributed by atoms with van der Waals surface area (Å²) in [5.41, 5.74) is 0.614. The van der Waals surface area contributed by atoms with Gasteiger partial charge in [0.2, 0.25) is 0 Å². The first kappa shape index (κ1) is 26.1. The molecule has 0 unspecified atom stereocenters. The lowest BCUT2D eigenvalue weighted by atomic mass is 9.93. The molecule has 37 heavy (non-hydrogen) atoms. The van der Waals surface area contributed by atoms with Gasteiger partial charge in [-0.15, -0.1) is 0 Å². The number of carbonyl (C=O) groups excluding carboxylic acids is 1. The van der Waals surface area contributed by atoms with E-state index in [1.807, 2.05) is 4.90 Å². The predicted molar refractivity (Wildman–Crippen MR) is 137 cm³/mol. The lowest BCUT2D eigenvalue weighted by Crippen LogP contribution is -2.45. The van der Waals surface area contributed by atoms with Crippen LogP contribution < -0.4 is 0 Å². The number of amidine groups is 1. The minimum absolute atomic E-state index is 0.0358. The molecule has 3 aromatic rings. The third-order valence-corrected chi connectivity index (χ3v) is 7.76. The van der Waals surface area contributed by atoms with Crippen molar-refractivity contribution in [3.05, 3.63) is 68.2 Å². The average molecular weight is 571 g/mol. The van der Waals surface area contributed by atoms with Gasteiger partial charge in [0.25, 0.3) is 5.91 Å². The number of morpholine rings is 1. The fraction of sp³-hybridized carbons (Fsp3) is 0.292. The molecule has 13 heteroatoms. The summed E-state index contributed by atoms with van der Waals surface area (Å²) >= 11 is 13.2. The quantitative estimate of drug-likeness (QED) is 0.421. The molecule has 2 N–H and O–H groups in total. The van der Waals surface area contributed by atoms with Gasteiger partial charge in [0.05, 0.1) is 35.3 Å². The number of hydrogen-bond donors (Lipinski definition) is 2. The molecule has 0 spiro atoms. The summed E-state index contributed by atoms with van der Waals surface area (Å²) in [5.74, 6) is -0.553.